The Morgan fingerprint density at radius 2 is 0.812 bits per heavy atom. The van der Waals surface area contributed by atoms with E-state index < -0.39 is 67.4 Å². The molecule has 1 amide bonds. The molecule has 6 N–H and O–H groups in total. The number of hydrogen-bond donors (Lipinski definition) is 6. The summed E-state index contributed by atoms with van der Waals surface area (Å²) in [5.74, 6) is -1.19. The highest BCUT2D eigenvalue weighted by molar-refractivity contribution is 5.80. The highest BCUT2D eigenvalue weighted by Gasteiger charge is 2.47. The largest absolute Gasteiger partial charge is 0.454 e. The molecule has 1 heterocycles. The van der Waals surface area contributed by atoms with E-state index in [0.717, 1.165) is 83.5 Å². The fraction of sp³-hybridized carbons (Fsp3) is 0.865. The minimum atomic E-state index is -1.62. The number of amides is 1. The van der Waals surface area contributed by atoms with Crippen molar-refractivity contribution in [1.29, 1.82) is 0 Å². The van der Waals surface area contributed by atoms with Crippen LogP contribution in [0.4, 0.5) is 0 Å². The molecule has 0 aromatic rings. The number of nitrogens with one attached hydrogen (secondary N) is 1. The maximum absolute atomic E-state index is 13.5. The van der Waals surface area contributed by atoms with E-state index >= 15 is 0 Å². The van der Waals surface area contributed by atoms with Crippen molar-refractivity contribution in [2.75, 3.05) is 13.2 Å². The van der Waals surface area contributed by atoms with Crippen molar-refractivity contribution >= 4 is 11.9 Å². The highest BCUT2D eigenvalue weighted by Crippen LogP contribution is 2.26. The van der Waals surface area contributed by atoms with Crippen molar-refractivity contribution < 1.29 is 49.3 Å². The summed E-state index contributed by atoms with van der Waals surface area (Å²) in [5.41, 5.74) is 0. The number of carbonyl (C=O) groups is 2. The quantitative estimate of drug-likeness (QED) is 0.0195. The van der Waals surface area contributed by atoms with Gasteiger partial charge in [-0.25, -0.2) is 0 Å². The molecule has 11 nitrogen and oxygen atoms in total. The van der Waals surface area contributed by atoms with Gasteiger partial charge in [-0.3, -0.25) is 9.59 Å². The van der Waals surface area contributed by atoms with Gasteiger partial charge in [0.25, 0.3) is 0 Å². The maximum Gasteiger partial charge on any atom is 0.306 e. The molecule has 8 atom stereocenters. The van der Waals surface area contributed by atoms with E-state index in [-0.39, 0.29) is 13.0 Å². The van der Waals surface area contributed by atoms with Crippen LogP contribution in [0.3, 0.4) is 0 Å². The van der Waals surface area contributed by atoms with Gasteiger partial charge >= 0.3 is 5.97 Å². The first kappa shape index (κ1) is 80.6. The summed E-state index contributed by atoms with van der Waals surface area (Å²) in [5, 5.41) is 57.2. The lowest BCUT2D eigenvalue weighted by Crippen LogP contribution is -2.61. The van der Waals surface area contributed by atoms with E-state index in [1.807, 2.05) is 6.08 Å². The van der Waals surface area contributed by atoms with Crippen molar-refractivity contribution in [3.63, 3.8) is 0 Å². The number of ether oxygens (including phenoxy) is 3. The lowest BCUT2D eigenvalue weighted by atomic mass is 9.99. The first-order chi connectivity index (χ1) is 41.7. The molecular formula is C74H137NO10. The normalized spacial score (nSPS) is 18.6. The highest BCUT2D eigenvalue weighted by atomic mass is 16.7. The van der Waals surface area contributed by atoms with E-state index in [1.165, 1.54) is 218 Å². The summed E-state index contributed by atoms with van der Waals surface area (Å²) in [4.78, 5) is 26.7. The Bertz CT molecular complexity index is 1570. The van der Waals surface area contributed by atoms with Gasteiger partial charge in [0.05, 0.1) is 25.4 Å². The SMILES string of the molecule is CCCCC/C=C\C/C=C\C/C=C\CCCCCCCCCCC(=O)OC1C(OCC(NC(=O)C(O)CCCCCCCCCCCCCCCCCCCCCCCCCC)C(O)/C=C/CCCCCCCCCCC)OC(CO)C(O)C1O. The second-order valence-corrected chi connectivity index (χ2v) is 25.3. The molecule has 1 fully saturated rings. The molecule has 1 rings (SSSR count). The summed E-state index contributed by atoms with van der Waals surface area (Å²) in [6.07, 6.45) is 67.3. The molecule has 0 saturated carbocycles. The smallest absolute Gasteiger partial charge is 0.306 e. The molecule has 1 aliphatic rings. The molecule has 85 heavy (non-hydrogen) atoms. The van der Waals surface area contributed by atoms with Crippen LogP contribution in [-0.4, -0.2) is 99.6 Å². The Hall–Kier alpha value is -2.38. The number of esters is 1. The van der Waals surface area contributed by atoms with Gasteiger partial charge in [0.2, 0.25) is 5.91 Å². The van der Waals surface area contributed by atoms with E-state index in [0.29, 0.717) is 19.3 Å². The summed E-state index contributed by atoms with van der Waals surface area (Å²) in [6, 6.07) is -1.02. The van der Waals surface area contributed by atoms with Gasteiger partial charge in [0, 0.05) is 6.42 Å². The Labute approximate surface area is 523 Å². The predicted molar refractivity (Wildman–Crippen MR) is 357 cm³/mol. The zero-order chi connectivity index (χ0) is 61.7. The average Bonchev–Trinajstić information content (AvgIpc) is 2.91. The number of hydrogen-bond acceptors (Lipinski definition) is 10. The Morgan fingerprint density at radius 3 is 1.24 bits per heavy atom. The van der Waals surface area contributed by atoms with Crippen LogP contribution >= 0.6 is 0 Å². The Morgan fingerprint density at radius 1 is 0.459 bits per heavy atom. The fourth-order valence-electron chi connectivity index (χ4n) is 11.5. The third-order valence-electron chi connectivity index (χ3n) is 17.2. The van der Waals surface area contributed by atoms with Gasteiger partial charge in [-0.05, 0) is 64.2 Å². The molecule has 1 saturated heterocycles. The number of allylic oxidation sites excluding steroid dienone is 7. The van der Waals surface area contributed by atoms with Gasteiger partial charge in [-0.2, -0.15) is 0 Å². The number of aliphatic hydroxyl groups is 5. The molecule has 0 radical (unpaired) electrons. The molecule has 11 heteroatoms. The summed E-state index contributed by atoms with van der Waals surface area (Å²) >= 11 is 0. The molecule has 498 valence electrons. The lowest BCUT2D eigenvalue weighted by Gasteiger charge is -2.41. The molecule has 0 aliphatic carbocycles. The van der Waals surface area contributed by atoms with Crippen LogP contribution in [0, 0.1) is 0 Å². The van der Waals surface area contributed by atoms with Crippen LogP contribution in [0.1, 0.15) is 348 Å². The van der Waals surface area contributed by atoms with Gasteiger partial charge in [0.15, 0.2) is 12.4 Å². The predicted octanol–water partition coefficient (Wildman–Crippen LogP) is 18.7. The van der Waals surface area contributed by atoms with Crippen molar-refractivity contribution in [2.45, 2.75) is 397 Å². The number of carbonyl (C=O) groups excluding carboxylic acids is 2. The molecule has 0 bridgehead atoms. The van der Waals surface area contributed by atoms with Crippen LogP contribution in [0.25, 0.3) is 0 Å². The summed E-state index contributed by atoms with van der Waals surface area (Å²) in [7, 11) is 0. The molecular weight excluding hydrogens is 1060 g/mol. The molecule has 8 unspecified atom stereocenters. The minimum Gasteiger partial charge on any atom is -0.454 e. The van der Waals surface area contributed by atoms with Crippen molar-refractivity contribution in [3.05, 3.63) is 48.6 Å². The molecule has 0 spiro atoms. The standard InChI is InChI=1S/C74H137NO10/c1-4-7-10-13-16-19-22-24-26-28-30-32-33-34-36-37-39-41-43-46-49-52-55-58-61-67(78)73(82)75-65(66(77)60-57-54-51-48-45-21-18-15-12-9-6-3)64-83-74-72(71(81)70(80)68(63-76)84-74)85-69(79)62-59-56-53-50-47-44-42-40-38-35-31-29-27-25-23-20-17-14-11-8-5-2/h17,20,25,27,31,35,57,60,65-68,70-72,74,76-78,80-81H,4-16,18-19,21-24,26,28-30,32-34,36-56,58-59,61-64H2,1-3H3,(H,75,82)/b20-17-,27-25-,35-31-,60-57+. The second-order valence-electron chi connectivity index (χ2n) is 25.3. The average molecular weight is 1200 g/mol. The zero-order valence-electron chi connectivity index (χ0n) is 55.5. The van der Waals surface area contributed by atoms with Crippen LogP contribution in [0.5, 0.6) is 0 Å². The third kappa shape index (κ3) is 49.1. The molecule has 0 aromatic heterocycles. The van der Waals surface area contributed by atoms with E-state index in [4.69, 9.17) is 14.2 Å². The first-order valence-corrected chi connectivity index (χ1v) is 36.4. The van der Waals surface area contributed by atoms with Crippen molar-refractivity contribution in [3.8, 4) is 0 Å². The zero-order valence-corrected chi connectivity index (χ0v) is 55.5. The third-order valence-corrected chi connectivity index (χ3v) is 17.2. The van der Waals surface area contributed by atoms with Crippen molar-refractivity contribution in [1.82, 2.24) is 5.32 Å². The van der Waals surface area contributed by atoms with E-state index in [1.54, 1.807) is 6.08 Å². The van der Waals surface area contributed by atoms with Gasteiger partial charge in [0.1, 0.15) is 24.4 Å². The lowest BCUT2D eigenvalue weighted by molar-refractivity contribution is -0.305. The van der Waals surface area contributed by atoms with Crippen LogP contribution in [-0.2, 0) is 23.8 Å². The number of rotatable bonds is 63. The summed E-state index contributed by atoms with van der Waals surface area (Å²) in [6.45, 7) is 5.80. The monoisotopic (exact) mass is 1200 g/mol. The maximum atomic E-state index is 13.5. The van der Waals surface area contributed by atoms with Gasteiger partial charge in [-0.15, -0.1) is 0 Å². The van der Waals surface area contributed by atoms with Crippen LogP contribution in [0.15, 0.2) is 48.6 Å². The number of unbranched alkanes of at least 4 members (excludes halogenated alkanes) is 43. The van der Waals surface area contributed by atoms with E-state index in [2.05, 4.69) is 62.5 Å². The molecule has 1 aliphatic heterocycles. The Kier molecular flexibility index (Phi) is 58.7. The van der Waals surface area contributed by atoms with Crippen molar-refractivity contribution in [2.24, 2.45) is 0 Å². The fourth-order valence-corrected chi connectivity index (χ4v) is 11.5. The minimum absolute atomic E-state index is 0.116. The number of aliphatic hydroxyl groups excluding tert-OH is 5. The van der Waals surface area contributed by atoms with Gasteiger partial charge in [-0.1, -0.05) is 326 Å². The Balaban J connectivity index is 2.54. The first-order valence-electron chi connectivity index (χ1n) is 36.4. The van der Waals surface area contributed by atoms with Gasteiger partial charge < -0.3 is 45.1 Å². The second kappa shape index (κ2) is 61.8. The topological polar surface area (TPSA) is 175 Å². The molecule has 0 aromatic carbocycles. The van der Waals surface area contributed by atoms with E-state index in [9.17, 15) is 35.1 Å². The van der Waals surface area contributed by atoms with Crippen LogP contribution < -0.4 is 5.32 Å². The summed E-state index contributed by atoms with van der Waals surface area (Å²) < 4.78 is 17.7. The van der Waals surface area contributed by atoms with Crippen LogP contribution in [0.2, 0.25) is 0 Å².